The summed E-state index contributed by atoms with van der Waals surface area (Å²) in [6.45, 7) is 1.02. The normalized spacial score (nSPS) is 14.6. The van der Waals surface area contributed by atoms with Crippen LogP contribution < -0.4 is 4.57 Å². The third-order valence-electron chi connectivity index (χ3n) is 1.78. The fourth-order valence-electron chi connectivity index (χ4n) is 1.13. The van der Waals surface area contributed by atoms with Crippen molar-refractivity contribution in [2.75, 3.05) is 0 Å². The molecule has 0 aliphatic rings. The molecule has 0 aromatic carbocycles. The molecule has 1 aromatic rings. The average molecular weight is 309 g/mol. The molecule has 0 fully saturated rings. The summed E-state index contributed by atoms with van der Waals surface area (Å²) in [5, 5.41) is 8.31. The Morgan fingerprint density at radius 3 is 2.05 bits per heavy atom. The monoisotopic (exact) mass is 309 g/mol. The van der Waals surface area contributed by atoms with Crippen LogP contribution in [0.4, 0.5) is 25.2 Å². The van der Waals surface area contributed by atoms with E-state index >= 15 is 0 Å². The van der Waals surface area contributed by atoms with E-state index in [1.807, 2.05) is 30.3 Å². The van der Waals surface area contributed by atoms with Crippen LogP contribution in [-0.4, -0.2) is 4.57 Å². The molecule has 0 amide bonds. The molecule has 1 heterocycles. The second-order valence-corrected chi connectivity index (χ2v) is 5.81. The minimum atomic E-state index is -10.7. The van der Waals surface area contributed by atoms with Gasteiger partial charge in [0.2, 0.25) is 6.33 Å². The van der Waals surface area contributed by atoms with Gasteiger partial charge >= 0.3 is 33.0 Å². The Morgan fingerprint density at radius 2 is 1.68 bits per heavy atom. The molecule has 0 bridgehead atoms. The molecule has 3 nitrogen and oxygen atoms in total. The maximum absolute atomic E-state index is 10.7. The first-order chi connectivity index (χ1) is 8.28. The van der Waals surface area contributed by atoms with Gasteiger partial charge in [0.1, 0.15) is 12.4 Å². The summed E-state index contributed by atoms with van der Waals surface area (Å²) in [6, 6.07) is 2.14. The minimum absolute atomic E-state index is 0.674. The van der Waals surface area contributed by atoms with Crippen LogP contribution >= 0.6 is 7.81 Å². The number of halogens is 6. The van der Waals surface area contributed by atoms with Crippen molar-refractivity contribution >= 4 is 7.81 Å². The molecule has 1 rings (SSSR count). The van der Waals surface area contributed by atoms with Crippen molar-refractivity contribution in [2.45, 2.75) is 25.8 Å². The molecule has 10 heteroatoms. The van der Waals surface area contributed by atoms with Crippen molar-refractivity contribution in [1.29, 1.82) is 5.26 Å². The molecule has 0 aliphatic carbocycles. The Bertz CT molecular complexity index is 432. The fourth-order valence-corrected chi connectivity index (χ4v) is 1.13. The van der Waals surface area contributed by atoms with Crippen LogP contribution in [0.15, 0.2) is 18.7 Å². The molecule has 0 atom stereocenters. The second-order valence-electron chi connectivity index (χ2n) is 3.89. The number of aryl methyl sites for hydroxylation is 2. The first kappa shape index (κ1) is 17.7. The summed E-state index contributed by atoms with van der Waals surface area (Å²) in [5.41, 5.74) is 0. The first-order valence-corrected chi connectivity index (χ1v) is 7.25. The van der Waals surface area contributed by atoms with Crippen LogP contribution in [0.2, 0.25) is 0 Å². The van der Waals surface area contributed by atoms with Gasteiger partial charge in [0.25, 0.3) is 0 Å². The summed E-state index contributed by atoms with van der Waals surface area (Å²) in [5.74, 6) is 0. The number of aromatic nitrogens is 2. The maximum atomic E-state index is 9.87. The van der Waals surface area contributed by atoms with Crippen molar-refractivity contribution in [2.24, 2.45) is 7.05 Å². The van der Waals surface area contributed by atoms with Crippen molar-refractivity contribution < 1.29 is 29.7 Å². The molecular formula is C9H14F6N3P. The zero-order chi connectivity index (χ0) is 15.2. The molecule has 0 N–H and O–H groups in total. The summed E-state index contributed by atoms with van der Waals surface area (Å²) < 4.78 is 63.3. The Morgan fingerprint density at radius 1 is 1.16 bits per heavy atom. The van der Waals surface area contributed by atoms with Gasteiger partial charge in [-0.15, -0.1) is 0 Å². The molecule has 0 radical (unpaired) electrons. The van der Waals surface area contributed by atoms with E-state index in [1.165, 1.54) is 0 Å². The number of nitrogens with zero attached hydrogens (tertiary/aromatic N) is 3. The van der Waals surface area contributed by atoms with E-state index in [4.69, 9.17) is 5.26 Å². The van der Waals surface area contributed by atoms with Gasteiger partial charge in [0.15, 0.2) is 0 Å². The second kappa shape index (κ2) is 5.37. The third-order valence-corrected chi connectivity index (χ3v) is 1.78. The van der Waals surface area contributed by atoms with E-state index in [0.717, 1.165) is 19.4 Å². The van der Waals surface area contributed by atoms with Gasteiger partial charge in [0, 0.05) is 6.42 Å². The van der Waals surface area contributed by atoms with E-state index in [0.29, 0.717) is 6.42 Å². The standard InChI is InChI=1S/C9H14N3.F6P/c1-11-7-8-12(9-11)6-4-2-3-5-10;1-7(2,3,4,5)6/h7-9H,2-4,6H2,1H3;/q+1;-1. The molecule has 1 aromatic heterocycles. The van der Waals surface area contributed by atoms with Crippen LogP contribution in [0.25, 0.3) is 0 Å². The van der Waals surface area contributed by atoms with Gasteiger partial charge in [-0.2, -0.15) is 5.26 Å². The zero-order valence-electron chi connectivity index (χ0n) is 10.1. The van der Waals surface area contributed by atoms with Crippen LogP contribution in [0.3, 0.4) is 0 Å². The van der Waals surface area contributed by atoms with E-state index in [-0.39, 0.29) is 0 Å². The first-order valence-electron chi connectivity index (χ1n) is 5.22. The number of unbranched alkanes of at least 4 members (excludes halogenated alkanes) is 2. The molecule has 112 valence electrons. The predicted octanol–water partition coefficient (Wildman–Crippen LogP) is 4.39. The van der Waals surface area contributed by atoms with Gasteiger partial charge < -0.3 is 0 Å². The Hall–Kier alpha value is -1.29. The SMILES string of the molecule is C[n+]1ccn(CCCCC#N)c1.F[P-](F)(F)(F)(F)F. The van der Waals surface area contributed by atoms with Gasteiger partial charge in [-0.3, -0.25) is 0 Å². The number of hydrogen-bond donors (Lipinski definition) is 0. The summed E-state index contributed by atoms with van der Waals surface area (Å²) in [6.07, 6.45) is 8.87. The molecule has 0 spiro atoms. The Kier molecular flexibility index (Phi) is 5.01. The quantitative estimate of drug-likeness (QED) is 0.351. The predicted molar refractivity (Wildman–Crippen MR) is 58.6 cm³/mol. The summed E-state index contributed by atoms with van der Waals surface area (Å²) in [7, 11) is -8.65. The van der Waals surface area contributed by atoms with E-state index in [1.54, 1.807) is 0 Å². The molecule has 0 saturated carbocycles. The van der Waals surface area contributed by atoms with Gasteiger partial charge in [0.05, 0.1) is 19.7 Å². The Labute approximate surface area is 106 Å². The van der Waals surface area contributed by atoms with Gasteiger partial charge in [-0.05, 0) is 12.8 Å². The van der Waals surface area contributed by atoms with E-state index < -0.39 is 7.81 Å². The van der Waals surface area contributed by atoms with Crippen molar-refractivity contribution in [1.82, 2.24) is 4.57 Å². The van der Waals surface area contributed by atoms with Crippen molar-refractivity contribution in [3.8, 4) is 6.07 Å². The zero-order valence-corrected chi connectivity index (χ0v) is 11.0. The molecule has 19 heavy (non-hydrogen) atoms. The molecule has 0 aliphatic heterocycles. The third kappa shape index (κ3) is 19.2. The fraction of sp³-hybridized carbons (Fsp3) is 0.556. The molecular weight excluding hydrogens is 295 g/mol. The van der Waals surface area contributed by atoms with Crippen molar-refractivity contribution in [3.63, 3.8) is 0 Å². The Balaban J connectivity index is 0.000000399. The van der Waals surface area contributed by atoms with Crippen LogP contribution in [0.1, 0.15) is 19.3 Å². The number of nitriles is 1. The molecule has 0 saturated heterocycles. The summed E-state index contributed by atoms with van der Waals surface area (Å²) in [4.78, 5) is 0. The van der Waals surface area contributed by atoms with Crippen molar-refractivity contribution in [3.05, 3.63) is 18.7 Å². The van der Waals surface area contributed by atoms with Crippen LogP contribution in [-0.2, 0) is 13.6 Å². The van der Waals surface area contributed by atoms with Crippen LogP contribution in [0.5, 0.6) is 0 Å². The topological polar surface area (TPSA) is 32.6 Å². The van der Waals surface area contributed by atoms with Crippen LogP contribution in [0, 0.1) is 11.3 Å². The number of hydrogen-bond acceptors (Lipinski definition) is 1. The average Bonchev–Trinajstić information content (AvgIpc) is 2.54. The number of imidazole rings is 1. The van der Waals surface area contributed by atoms with Gasteiger partial charge in [-0.25, -0.2) is 9.13 Å². The van der Waals surface area contributed by atoms with E-state index in [9.17, 15) is 25.2 Å². The van der Waals surface area contributed by atoms with E-state index in [2.05, 4.69) is 10.6 Å². The van der Waals surface area contributed by atoms with Gasteiger partial charge in [-0.1, -0.05) is 0 Å². The summed E-state index contributed by atoms with van der Waals surface area (Å²) >= 11 is 0. The molecule has 0 unspecified atom stereocenters. The number of rotatable bonds is 4.